The fourth-order valence-electron chi connectivity index (χ4n) is 1.13. The molecule has 17 heavy (non-hydrogen) atoms. The molecule has 1 aromatic carbocycles. The molecule has 0 atom stereocenters. The standard InChI is InChI=1S/C10H11BrN2O3S/c1-2-3-13-10(14)7-4-8(11)6-9(5-7)17(12,15)16/h2,4-6H,1,3H2,(H,13,14)(H2,12,15,16). The number of halogens is 1. The van der Waals surface area contributed by atoms with Gasteiger partial charge in [0.05, 0.1) is 4.90 Å². The van der Waals surface area contributed by atoms with Crippen LogP contribution in [0.25, 0.3) is 0 Å². The summed E-state index contributed by atoms with van der Waals surface area (Å²) in [7, 11) is -3.83. The quantitative estimate of drug-likeness (QED) is 0.812. The Kier molecular flexibility index (Phi) is 4.44. The molecule has 0 unspecified atom stereocenters. The van der Waals surface area contributed by atoms with E-state index in [-0.39, 0.29) is 10.5 Å². The minimum absolute atomic E-state index is 0.115. The number of carbonyl (C=O) groups is 1. The highest BCUT2D eigenvalue weighted by molar-refractivity contribution is 9.10. The van der Waals surface area contributed by atoms with Crippen LogP contribution in [0.15, 0.2) is 40.2 Å². The van der Waals surface area contributed by atoms with Gasteiger partial charge in [-0.3, -0.25) is 4.79 Å². The number of nitrogens with one attached hydrogen (secondary N) is 1. The van der Waals surface area contributed by atoms with Gasteiger partial charge < -0.3 is 5.32 Å². The normalized spacial score (nSPS) is 10.9. The van der Waals surface area contributed by atoms with E-state index in [0.29, 0.717) is 11.0 Å². The van der Waals surface area contributed by atoms with Gasteiger partial charge in [0, 0.05) is 16.6 Å². The van der Waals surface area contributed by atoms with Crippen molar-refractivity contribution in [2.75, 3.05) is 6.54 Å². The fourth-order valence-corrected chi connectivity index (χ4v) is 2.35. The van der Waals surface area contributed by atoms with Crippen LogP contribution in [0, 0.1) is 0 Å². The van der Waals surface area contributed by atoms with Crippen LogP contribution in [-0.4, -0.2) is 20.9 Å². The van der Waals surface area contributed by atoms with Crippen LogP contribution in [0.3, 0.4) is 0 Å². The molecule has 1 amide bonds. The molecule has 0 heterocycles. The van der Waals surface area contributed by atoms with Crippen LogP contribution in [0.1, 0.15) is 10.4 Å². The van der Waals surface area contributed by atoms with E-state index in [1.807, 2.05) is 0 Å². The van der Waals surface area contributed by atoms with Crippen LogP contribution in [-0.2, 0) is 10.0 Å². The number of sulfonamides is 1. The van der Waals surface area contributed by atoms with Crippen molar-refractivity contribution in [1.82, 2.24) is 5.32 Å². The van der Waals surface area contributed by atoms with E-state index in [9.17, 15) is 13.2 Å². The van der Waals surface area contributed by atoms with Gasteiger partial charge in [-0.1, -0.05) is 22.0 Å². The fraction of sp³-hybridized carbons (Fsp3) is 0.100. The summed E-state index contributed by atoms with van der Waals surface area (Å²) in [5.41, 5.74) is 0.213. The highest BCUT2D eigenvalue weighted by Crippen LogP contribution is 2.18. The number of primary sulfonamides is 1. The SMILES string of the molecule is C=CCNC(=O)c1cc(Br)cc(S(N)(=O)=O)c1. The molecule has 5 nitrogen and oxygen atoms in total. The monoisotopic (exact) mass is 318 g/mol. The van der Waals surface area contributed by atoms with Crippen LogP contribution in [0.5, 0.6) is 0 Å². The van der Waals surface area contributed by atoms with E-state index < -0.39 is 15.9 Å². The number of rotatable bonds is 4. The summed E-state index contributed by atoms with van der Waals surface area (Å²) in [5.74, 6) is -0.392. The first-order valence-electron chi connectivity index (χ1n) is 4.57. The van der Waals surface area contributed by atoms with Gasteiger partial charge in [0.15, 0.2) is 0 Å². The molecular weight excluding hydrogens is 308 g/mol. The zero-order chi connectivity index (χ0) is 13.1. The molecule has 0 saturated carbocycles. The van der Waals surface area contributed by atoms with Crippen molar-refractivity contribution < 1.29 is 13.2 Å². The van der Waals surface area contributed by atoms with Gasteiger partial charge in [-0.05, 0) is 18.2 Å². The second-order valence-corrected chi connectivity index (χ2v) is 5.70. The molecule has 1 rings (SSSR count). The molecule has 0 saturated heterocycles. The van der Waals surface area contributed by atoms with Crippen molar-refractivity contribution >= 4 is 31.9 Å². The lowest BCUT2D eigenvalue weighted by atomic mass is 10.2. The number of benzene rings is 1. The van der Waals surface area contributed by atoms with Gasteiger partial charge in [-0.2, -0.15) is 0 Å². The van der Waals surface area contributed by atoms with Crippen LogP contribution < -0.4 is 10.5 Å². The van der Waals surface area contributed by atoms with E-state index in [1.165, 1.54) is 24.3 Å². The molecule has 7 heteroatoms. The van der Waals surface area contributed by atoms with E-state index in [4.69, 9.17) is 5.14 Å². The van der Waals surface area contributed by atoms with Crippen molar-refractivity contribution in [2.45, 2.75) is 4.90 Å². The third kappa shape index (κ3) is 3.95. The van der Waals surface area contributed by atoms with E-state index in [2.05, 4.69) is 27.8 Å². The molecule has 1 aromatic rings. The van der Waals surface area contributed by atoms with Gasteiger partial charge >= 0.3 is 0 Å². The Hall–Kier alpha value is -1.18. The molecule has 0 aromatic heterocycles. The average Bonchev–Trinajstić information content (AvgIpc) is 2.23. The Balaban J connectivity index is 3.14. The second-order valence-electron chi connectivity index (χ2n) is 3.22. The molecule has 0 aliphatic carbocycles. The Morgan fingerprint density at radius 3 is 2.65 bits per heavy atom. The topological polar surface area (TPSA) is 89.3 Å². The zero-order valence-corrected chi connectivity index (χ0v) is 11.2. The largest absolute Gasteiger partial charge is 0.349 e. The zero-order valence-electron chi connectivity index (χ0n) is 8.81. The first-order valence-corrected chi connectivity index (χ1v) is 6.91. The maximum Gasteiger partial charge on any atom is 0.251 e. The molecule has 92 valence electrons. The smallest absolute Gasteiger partial charge is 0.251 e. The van der Waals surface area contributed by atoms with Gasteiger partial charge in [0.1, 0.15) is 0 Å². The number of nitrogens with two attached hydrogens (primary N) is 1. The summed E-state index contributed by atoms with van der Waals surface area (Å²) in [6.07, 6.45) is 1.52. The van der Waals surface area contributed by atoms with E-state index in [1.54, 1.807) is 0 Å². The first kappa shape index (κ1) is 13.9. The third-order valence-electron chi connectivity index (χ3n) is 1.87. The highest BCUT2D eigenvalue weighted by atomic mass is 79.9. The Bertz CT molecular complexity index is 555. The predicted octanol–water partition coefficient (Wildman–Crippen LogP) is 1.01. The summed E-state index contributed by atoms with van der Waals surface area (Å²) in [6, 6.07) is 4.06. The van der Waals surface area contributed by atoms with Crippen LogP contribution in [0.4, 0.5) is 0 Å². The van der Waals surface area contributed by atoms with Crippen molar-refractivity contribution in [2.24, 2.45) is 5.14 Å². The summed E-state index contributed by atoms with van der Waals surface area (Å²) >= 11 is 3.12. The first-order chi connectivity index (χ1) is 7.84. The second kappa shape index (κ2) is 5.44. The van der Waals surface area contributed by atoms with Crippen molar-refractivity contribution in [3.8, 4) is 0 Å². The Labute approximate surface area is 108 Å². The van der Waals surface area contributed by atoms with E-state index in [0.717, 1.165) is 0 Å². The molecule has 3 N–H and O–H groups in total. The molecule has 0 radical (unpaired) electrons. The molecular formula is C10H11BrN2O3S. The highest BCUT2D eigenvalue weighted by Gasteiger charge is 2.13. The molecule has 0 aliphatic rings. The summed E-state index contributed by atoms with van der Waals surface area (Å²) in [5, 5.41) is 7.54. The lowest BCUT2D eigenvalue weighted by molar-refractivity contribution is 0.0957. The van der Waals surface area contributed by atoms with Gasteiger partial charge in [0.2, 0.25) is 10.0 Å². The summed E-state index contributed by atoms with van der Waals surface area (Å²) < 4.78 is 22.8. The maximum absolute atomic E-state index is 11.6. The van der Waals surface area contributed by atoms with Crippen molar-refractivity contribution in [3.05, 3.63) is 40.9 Å². The molecule has 0 spiro atoms. The number of carbonyl (C=O) groups excluding carboxylic acids is 1. The van der Waals surface area contributed by atoms with Crippen LogP contribution >= 0.6 is 15.9 Å². The number of amides is 1. The number of hydrogen-bond acceptors (Lipinski definition) is 3. The summed E-state index contributed by atoms with van der Waals surface area (Å²) in [4.78, 5) is 11.5. The number of hydrogen-bond donors (Lipinski definition) is 2. The van der Waals surface area contributed by atoms with Gasteiger partial charge in [-0.25, -0.2) is 13.6 Å². The third-order valence-corrected chi connectivity index (χ3v) is 3.22. The minimum Gasteiger partial charge on any atom is -0.349 e. The maximum atomic E-state index is 11.6. The molecule has 0 fully saturated rings. The van der Waals surface area contributed by atoms with E-state index >= 15 is 0 Å². The predicted molar refractivity (Wildman–Crippen MR) is 68.0 cm³/mol. The molecule has 0 bridgehead atoms. The van der Waals surface area contributed by atoms with Crippen molar-refractivity contribution in [1.29, 1.82) is 0 Å². The lowest BCUT2D eigenvalue weighted by Gasteiger charge is -2.05. The summed E-state index contributed by atoms with van der Waals surface area (Å²) in [6.45, 7) is 3.76. The van der Waals surface area contributed by atoms with Gasteiger partial charge in [-0.15, -0.1) is 6.58 Å². The average molecular weight is 319 g/mol. The minimum atomic E-state index is -3.83. The Morgan fingerprint density at radius 2 is 2.12 bits per heavy atom. The molecule has 0 aliphatic heterocycles. The van der Waals surface area contributed by atoms with Crippen LogP contribution in [0.2, 0.25) is 0 Å². The van der Waals surface area contributed by atoms with Gasteiger partial charge in [0.25, 0.3) is 5.91 Å². The van der Waals surface area contributed by atoms with Crippen molar-refractivity contribution in [3.63, 3.8) is 0 Å². The lowest BCUT2D eigenvalue weighted by Crippen LogP contribution is -2.23. The Morgan fingerprint density at radius 1 is 1.47 bits per heavy atom.